The highest BCUT2D eigenvalue weighted by atomic mass is 32.1. The summed E-state index contributed by atoms with van der Waals surface area (Å²) in [6.45, 7) is 7.70. The summed E-state index contributed by atoms with van der Waals surface area (Å²) in [4.78, 5) is 18.6. The van der Waals surface area contributed by atoms with Gasteiger partial charge in [0.05, 0.1) is 17.2 Å². The van der Waals surface area contributed by atoms with Crippen LogP contribution >= 0.6 is 11.3 Å². The largest absolute Gasteiger partial charge is 0.337 e. The van der Waals surface area contributed by atoms with Gasteiger partial charge < -0.3 is 10.6 Å². The molecule has 0 bridgehead atoms. The SMILES string of the molecule is CCC(CNC(=O)NCc1csc(C)n1)N1CCCC1. The summed E-state index contributed by atoms with van der Waals surface area (Å²) in [5.74, 6) is 0. The van der Waals surface area contributed by atoms with Crippen LogP contribution in [0.3, 0.4) is 0 Å². The smallest absolute Gasteiger partial charge is 0.315 e. The summed E-state index contributed by atoms with van der Waals surface area (Å²) >= 11 is 1.61. The van der Waals surface area contributed by atoms with Crippen LogP contribution in [0.2, 0.25) is 0 Å². The van der Waals surface area contributed by atoms with Crippen LogP contribution in [0.25, 0.3) is 0 Å². The van der Waals surface area contributed by atoms with Gasteiger partial charge >= 0.3 is 6.03 Å². The summed E-state index contributed by atoms with van der Waals surface area (Å²) in [5, 5.41) is 8.84. The fourth-order valence-electron chi connectivity index (χ4n) is 2.57. The molecule has 0 saturated carbocycles. The van der Waals surface area contributed by atoms with Crippen LogP contribution in [-0.2, 0) is 6.54 Å². The number of carbonyl (C=O) groups excluding carboxylic acids is 1. The van der Waals surface area contributed by atoms with Crippen molar-refractivity contribution in [2.24, 2.45) is 0 Å². The van der Waals surface area contributed by atoms with Gasteiger partial charge in [-0.3, -0.25) is 4.90 Å². The van der Waals surface area contributed by atoms with Crippen molar-refractivity contribution in [1.82, 2.24) is 20.5 Å². The van der Waals surface area contributed by atoms with E-state index in [-0.39, 0.29) is 6.03 Å². The first-order valence-corrected chi connectivity index (χ1v) is 8.23. The Morgan fingerprint density at radius 1 is 1.45 bits per heavy atom. The molecule has 2 N–H and O–H groups in total. The van der Waals surface area contributed by atoms with Crippen molar-refractivity contribution in [3.63, 3.8) is 0 Å². The van der Waals surface area contributed by atoms with E-state index in [0.29, 0.717) is 12.6 Å². The molecule has 1 aliphatic heterocycles. The molecular formula is C14H24N4OS. The molecule has 6 heteroatoms. The second kappa shape index (κ2) is 7.59. The third kappa shape index (κ3) is 4.45. The van der Waals surface area contributed by atoms with E-state index >= 15 is 0 Å². The minimum Gasteiger partial charge on any atom is -0.337 e. The minimum absolute atomic E-state index is 0.103. The van der Waals surface area contributed by atoms with Gasteiger partial charge in [-0.1, -0.05) is 6.92 Å². The number of nitrogens with zero attached hydrogens (tertiary/aromatic N) is 2. The molecule has 1 fully saturated rings. The fraction of sp³-hybridized carbons (Fsp3) is 0.714. The highest BCUT2D eigenvalue weighted by Crippen LogP contribution is 2.13. The van der Waals surface area contributed by atoms with Crippen LogP contribution in [0.5, 0.6) is 0 Å². The lowest BCUT2D eigenvalue weighted by atomic mass is 10.2. The van der Waals surface area contributed by atoms with Crippen molar-refractivity contribution in [1.29, 1.82) is 0 Å². The topological polar surface area (TPSA) is 57.3 Å². The second-order valence-electron chi connectivity index (χ2n) is 5.23. The first-order valence-electron chi connectivity index (χ1n) is 7.35. The Labute approximate surface area is 124 Å². The van der Waals surface area contributed by atoms with Crippen molar-refractivity contribution < 1.29 is 4.79 Å². The second-order valence-corrected chi connectivity index (χ2v) is 6.29. The molecule has 112 valence electrons. The third-order valence-corrected chi connectivity index (χ3v) is 4.55. The first-order chi connectivity index (χ1) is 9.69. The number of urea groups is 1. The van der Waals surface area contributed by atoms with Crippen molar-refractivity contribution in [2.45, 2.75) is 45.7 Å². The zero-order valence-electron chi connectivity index (χ0n) is 12.3. The van der Waals surface area contributed by atoms with E-state index in [4.69, 9.17) is 0 Å². The molecule has 2 amide bonds. The van der Waals surface area contributed by atoms with E-state index in [9.17, 15) is 4.79 Å². The number of carbonyl (C=O) groups is 1. The van der Waals surface area contributed by atoms with Gasteiger partial charge in [0.15, 0.2) is 0 Å². The molecule has 5 nitrogen and oxygen atoms in total. The quantitative estimate of drug-likeness (QED) is 0.845. The summed E-state index contributed by atoms with van der Waals surface area (Å²) in [6.07, 6.45) is 3.64. The van der Waals surface area contributed by atoms with Crippen molar-refractivity contribution >= 4 is 17.4 Å². The van der Waals surface area contributed by atoms with E-state index in [1.807, 2.05) is 12.3 Å². The highest BCUT2D eigenvalue weighted by Gasteiger charge is 2.20. The molecule has 1 unspecified atom stereocenters. The van der Waals surface area contributed by atoms with Crippen LogP contribution in [0.1, 0.15) is 36.9 Å². The molecular weight excluding hydrogens is 272 g/mol. The Bertz CT molecular complexity index is 429. The van der Waals surface area contributed by atoms with Crippen LogP contribution in [-0.4, -0.2) is 41.6 Å². The summed E-state index contributed by atoms with van der Waals surface area (Å²) in [7, 11) is 0. The average Bonchev–Trinajstić information content (AvgIpc) is 3.09. The Morgan fingerprint density at radius 2 is 2.20 bits per heavy atom. The predicted molar refractivity (Wildman–Crippen MR) is 82.0 cm³/mol. The van der Waals surface area contributed by atoms with Crippen LogP contribution in [0.4, 0.5) is 4.79 Å². The van der Waals surface area contributed by atoms with Gasteiger partial charge in [0.25, 0.3) is 0 Å². The molecule has 1 aliphatic rings. The summed E-state index contributed by atoms with van der Waals surface area (Å²) in [5.41, 5.74) is 0.925. The Balaban J connectivity index is 1.68. The van der Waals surface area contributed by atoms with Gasteiger partial charge in [0.2, 0.25) is 0 Å². The number of aromatic nitrogens is 1. The number of nitrogens with one attached hydrogen (secondary N) is 2. The molecule has 1 aromatic rings. The number of aryl methyl sites for hydroxylation is 1. The number of likely N-dealkylation sites (tertiary alicyclic amines) is 1. The maximum atomic E-state index is 11.8. The van der Waals surface area contributed by atoms with Gasteiger partial charge in [-0.05, 0) is 39.3 Å². The molecule has 0 aliphatic carbocycles. The van der Waals surface area contributed by atoms with Gasteiger partial charge in [-0.15, -0.1) is 11.3 Å². The van der Waals surface area contributed by atoms with Gasteiger partial charge in [-0.2, -0.15) is 0 Å². The molecule has 0 radical (unpaired) electrons. The molecule has 1 aromatic heterocycles. The molecule has 0 aromatic carbocycles. The number of amides is 2. The predicted octanol–water partition coefficient (Wildman–Crippen LogP) is 2.13. The van der Waals surface area contributed by atoms with Crippen molar-refractivity contribution in [3.8, 4) is 0 Å². The number of hydrogen-bond acceptors (Lipinski definition) is 4. The Kier molecular flexibility index (Phi) is 5.79. The molecule has 2 rings (SSSR count). The Morgan fingerprint density at radius 3 is 2.80 bits per heavy atom. The third-order valence-electron chi connectivity index (χ3n) is 3.72. The number of hydrogen-bond donors (Lipinski definition) is 2. The molecule has 1 atom stereocenters. The highest BCUT2D eigenvalue weighted by molar-refractivity contribution is 7.09. The van der Waals surface area contributed by atoms with Crippen molar-refractivity contribution in [3.05, 3.63) is 16.1 Å². The Hall–Kier alpha value is -1.14. The van der Waals surface area contributed by atoms with Crippen LogP contribution in [0, 0.1) is 6.92 Å². The van der Waals surface area contributed by atoms with E-state index < -0.39 is 0 Å². The minimum atomic E-state index is -0.103. The first kappa shape index (κ1) is 15.3. The monoisotopic (exact) mass is 296 g/mol. The summed E-state index contributed by atoms with van der Waals surface area (Å²) < 4.78 is 0. The van der Waals surface area contributed by atoms with Gasteiger partial charge in [-0.25, -0.2) is 9.78 Å². The molecule has 0 spiro atoms. The standard InChI is InChI=1S/C14H24N4OS/c1-3-13(18-6-4-5-7-18)9-16-14(19)15-8-12-10-20-11(2)17-12/h10,13H,3-9H2,1-2H3,(H2,15,16,19). The lowest BCUT2D eigenvalue weighted by Gasteiger charge is -2.26. The average molecular weight is 296 g/mol. The molecule has 1 saturated heterocycles. The van der Waals surface area contributed by atoms with E-state index in [0.717, 1.165) is 23.7 Å². The van der Waals surface area contributed by atoms with E-state index in [1.54, 1.807) is 11.3 Å². The molecule has 2 heterocycles. The maximum Gasteiger partial charge on any atom is 0.315 e. The number of rotatable bonds is 6. The van der Waals surface area contributed by atoms with Crippen molar-refractivity contribution in [2.75, 3.05) is 19.6 Å². The normalized spacial score (nSPS) is 17.1. The fourth-order valence-corrected chi connectivity index (χ4v) is 3.18. The van der Waals surface area contributed by atoms with Gasteiger partial charge in [0, 0.05) is 18.0 Å². The van der Waals surface area contributed by atoms with Crippen LogP contribution < -0.4 is 10.6 Å². The van der Waals surface area contributed by atoms with Gasteiger partial charge in [0.1, 0.15) is 0 Å². The zero-order valence-corrected chi connectivity index (χ0v) is 13.1. The van der Waals surface area contributed by atoms with E-state index in [1.165, 1.54) is 25.9 Å². The molecule has 20 heavy (non-hydrogen) atoms. The number of thiazole rings is 1. The maximum absolute atomic E-state index is 11.8. The summed E-state index contributed by atoms with van der Waals surface area (Å²) in [6, 6.07) is 0.359. The van der Waals surface area contributed by atoms with E-state index in [2.05, 4.69) is 27.4 Å². The zero-order chi connectivity index (χ0) is 14.4. The lowest BCUT2D eigenvalue weighted by Crippen LogP contribution is -2.45. The lowest BCUT2D eigenvalue weighted by molar-refractivity contribution is 0.216. The van der Waals surface area contributed by atoms with Crippen LogP contribution in [0.15, 0.2) is 5.38 Å².